The number of thioether (sulfide) groups is 1. The quantitative estimate of drug-likeness (QED) is 0.761. The molecule has 118 valence electrons. The molecule has 0 unspecified atom stereocenters. The fourth-order valence-electron chi connectivity index (χ4n) is 2.02. The molecule has 1 aromatic heterocycles. The van der Waals surface area contributed by atoms with Crippen LogP contribution in [0.3, 0.4) is 0 Å². The van der Waals surface area contributed by atoms with Crippen LogP contribution in [0.2, 0.25) is 0 Å². The first-order valence-corrected chi connectivity index (χ1v) is 8.19. The molecule has 0 atom stereocenters. The maximum atomic E-state index is 11.9. The molecule has 0 bridgehead atoms. The highest BCUT2D eigenvalue weighted by molar-refractivity contribution is 7.99. The van der Waals surface area contributed by atoms with Crippen LogP contribution in [-0.2, 0) is 17.9 Å². The van der Waals surface area contributed by atoms with E-state index in [1.54, 1.807) is 4.57 Å². The van der Waals surface area contributed by atoms with Gasteiger partial charge in [-0.3, -0.25) is 9.36 Å². The minimum Gasteiger partial charge on any atom is -0.351 e. The van der Waals surface area contributed by atoms with Crippen molar-refractivity contribution in [3.63, 3.8) is 0 Å². The molecule has 0 aliphatic rings. The molecule has 0 saturated heterocycles. The molecule has 0 radical (unpaired) electrons. The van der Waals surface area contributed by atoms with Gasteiger partial charge in [0.1, 0.15) is 0 Å². The molecule has 1 aromatic carbocycles. The summed E-state index contributed by atoms with van der Waals surface area (Å²) in [7, 11) is 0. The second-order valence-electron chi connectivity index (χ2n) is 4.95. The Morgan fingerprint density at radius 2 is 2.18 bits per heavy atom. The van der Waals surface area contributed by atoms with Crippen molar-refractivity contribution in [1.82, 2.24) is 20.1 Å². The third kappa shape index (κ3) is 4.24. The van der Waals surface area contributed by atoms with Gasteiger partial charge in [0.15, 0.2) is 5.16 Å². The molecule has 0 fully saturated rings. The van der Waals surface area contributed by atoms with Crippen molar-refractivity contribution >= 4 is 17.7 Å². The number of hydrogen-bond donors (Lipinski definition) is 2. The number of benzene rings is 1. The summed E-state index contributed by atoms with van der Waals surface area (Å²) < 4.78 is 1.55. The first kappa shape index (κ1) is 16.4. The zero-order valence-electron chi connectivity index (χ0n) is 12.8. The van der Waals surface area contributed by atoms with Crippen LogP contribution >= 0.6 is 11.8 Å². The van der Waals surface area contributed by atoms with Crippen molar-refractivity contribution in [1.29, 1.82) is 0 Å². The largest absolute Gasteiger partial charge is 0.351 e. The molecule has 1 heterocycles. The van der Waals surface area contributed by atoms with Gasteiger partial charge in [-0.15, -0.1) is 5.10 Å². The van der Waals surface area contributed by atoms with Crippen molar-refractivity contribution in [2.45, 2.75) is 38.5 Å². The first-order valence-electron chi connectivity index (χ1n) is 7.21. The van der Waals surface area contributed by atoms with Crippen LogP contribution in [0.15, 0.2) is 34.2 Å². The number of aromatic nitrogens is 3. The first-order chi connectivity index (χ1) is 10.6. The molecule has 2 N–H and O–H groups in total. The van der Waals surface area contributed by atoms with Crippen LogP contribution < -0.4 is 11.0 Å². The van der Waals surface area contributed by atoms with Crippen LogP contribution in [0.4, 0.5) is 0 Å². The van der Waals surface area contributed by atoms with Gasteiger partial charge in [-0.2, -0.15) is 0 Å². The van der Waals surface area contributed by atoms with Gasteiger partial charge in [-0.25, -0.2) is 9.89 Å². The van der Waals surface area contributed by atoms with E-state index in [4.69, 9.17) is 0 Å². The molecule has 0 aliphatic carbocycles. The second-order valence-corrected chi connectivity index (χ2v) is 5.90. The fraction of sp³-hybridized carbons (Fsp3) is 0.400. The summed E-state index contributed by atoms with van der Waals surface area (Å²) in [5.41, 5.74) is 2.02. The summed E-state index contributed by atoms with van der Waals surface area (Å²) in [5, 5.41) is 9.80. The highest BCUT2D eigenvalue weighted by atomic mass is 32.2. The van der Waals surface area contributed by atoms with Gasteiger partial charge in [0.25, 0.3) is 0 Å². The molecule has 7 heteroatoms. The molecule has 0 saturated carbocycles. The molecule has 2 rings (SSSR count). The average Bonchev–Trinajstić information content (AvgIpc) is 2.85. The Hall–Kier alpha value is -2.02. The lowest BCUT2D eigenvalue weighted by atomic mass is 10.1. The Kier molecular flexibility index (Phi) is 5.83. The van der Waals surface area contributed by atoms with E-state index >= 15 is 0 Å². The maximum absolute atomic E-state index is 11.9. The number of carbonyl (C=O) groups is 1. The second kappa shape index (κ2) is 7.84. The molecule has 2 aromatic rings. The van der Waals surface area contributed by atoms with Crippen molar-refractivity contribution < 1.29 is 4.79 Å². The van der Waals surface area contributed by atoms with E-state index in [1.165, 1.54) is 11.8 Å². The Morgan fingerprint density at radius 1 is 1.41 bits per heavy atom. The number of aryl methyl sites for hydroxylation is 1. The maximum Gasteiger partial charge on any atom is 0.343 e. The predicted octanol–water partition coefficient (Wildman–Crippen LogP) is 1.70. The van der Waals surface area contributed by atoms with E-state index in [0.717, 1.165) is 17.5 Å². The number of nitrogens with one attached hydrogen (secondary N) is 2. The van der Waals surface area contributed by atoms with Gasteiger partial charge in [0.2, 0.25) is 5.91 Å². The SMILES string of the molecule is CCCn1c(SCC(=O)NCc2ccccc2C)n[nH]c1=O. The number of hydrogen-bond acceptors (Lipinski definition) is 4. The number of amides is 1. The molecular weight excluding hydrogens is 300 g/mol. The smallest absolute Gasteiger partial charge is 0.343 e. The van der Waals surface area contributed by atoms with E-state index in [0.29, 0.717) is 18.2 Å². The van der Waals surface area contributed by atoms with Gasteiger partial charge >= 0.3 is 5.69 Å². The summed E-state index contributed by atoms with van der Waals surface area (Å²) in [5.74, 6) is 0.159. The van der Waals surface area contributed by atoms with E-state index in [2.05, 4.69) is 15.5 Å². The summed E-state index contributed by atoms with van der Waals surface area (Å²) in [6.45, 7) is 5.11. The standard InChI is InChI=1S/C15H20N4O2S/c1-3-8-19-14(21)17-18-15(19)22-10-13(20)16-9-12-7-5-4-6-11(12)2/h4-7H,3,8-10H2,1-2H3,(H,16,20)(H,17,21). The highest BCUT2D eigenvalue weighted by Gasteiger charge is 2.10. The normalized spacial score (nSPS) is 10.6. The van der Waals surface area contributed by atoms with Crippen LogP contribution in [0.5, 0.6) is 0 Å². The van der Waals surface area contributed by atoms with E-state index in [-0.39, 0.29) is 17.3 Å². The molecule has 22 heavy (non-hydrogen) atoms. The number of aromatic amines is 1. The summed E-state index contributed by atoms with van der Waals surface area (Å²) >= 11 is 1.26. The van der Waals surface area contributed by atoms with Crippen LogP contribution in [0, 0.1) is 6.92 Å². The number of H-pyrrole nitrogens is 1. The summed E-state index contributed by atoms with van der Waals surface area (Å²) in [6, 6.07) is 7.94. The number of carbonyl (C=O) groups excluding carboxylic acids is 1. The topological polar surface area (TPSA) is 79.8 Å². The minimum absolute atomic E-state index is 0.0771. The van der Waals surface area contributed by atoms with Gasteiger partial charge in [-0.05, 0) is 24.5 Å². The third-order valence-electron chi connectivity index (χ3n) is 3.24. The lowest BCUT2D eigenvalue weighted by Crippen LogP contribution is -2.25. The van der Waals surface area contributed by atoms with Gasteiger partial charge in [0.05, 0.1) is 5.75 Å². The van der Waals surface area contributed by atoms with Crippen LogP contribution in [0.25, 0.3) is 0 Å². The highest BCUT2D eigenvalue weighted by Crippen LogP contribution is 2.13. The van der Waals surface area contributed by atoms with E-state index in [1.807, 2.05) is 38.1 Å². The van der Waals surface area contributed by atoms with Crippen molar-refractivity contribution in [2.24, 2.45) is 0 Å². The van der Waals surface area contributed by atoms with E-state index < -0.39 is 0 Å². The fourth-order valence-corrected chi connectivity index (χ4v) is 2.82. The zero-order valence-corrected chi connectivity index (χ0v) is 13.6. The van der Waals surface area contributed by atoms with Crippen LogP contribution in [0.1, 0.15) is 24.5 Å². The molecule has 0 spiro atoms. The number of nitrogens with zero attached hydrogens (tertiary/aromatic N) is 2. The van der Waals surface area contributed by atoms with Crippen LogP contribution in [-0.4, -0.2) is 26.4 Å². The van der Waals surface area contributed by atoms with Gasteiger partial charge in [0, 0.05) is 13.1 Å². The van der Waals surface area contributed by atoms with E-state index in [9.17, 15) is 9.59 Å². The van der Waals surface area contributed by atoms with Crippen molar-refractivity contribution in [2.75, 3.05) is 5.75 Å². The molecular formula is C15H20N4O2S. The Morgan fingerprint density at radius 3 is 2.91 bits per heavy atom. The molecule has 6 nitrogen and oxygen atoms in total. The zero-order chi connectivity index (χ0) is 15.9. The minimum atomic E-state index is -0.232. The third-order valence-corrected chi connectivity index (χ3v) is 4.22. The summed E-state index contributed by atoms with van der Waals surface area (Å²) in [4.78, 5) is 23.5. The number of rotatable bonds is 7. The van der Waals surface area contributed by atoms with Crippen molar-refractivity contribution in [3.8, 4) is 0 Å². The summed E-state index contributed by atoms with van der Waals surface area (Å²) in [6.07, 6.45) is 0.840. The van der Waals surface area contributed by atoms with Gasteiger partial charge < -0.3 is 5.32 Å². The lowest BCUT2D eigenvalue weighted by molar-refractivity contribution is -0.118. The Balaban J connectivity index is 1.86. The Labute approximate surface area is 133 Å². The predicted molar refractivity (Wildman–Crippen MR) is 86.9 cm³/mol. The molecule has 1 amide bonds. The van der Waals surface area contributed by atoms with Gasteiger partial charge in [-0.1, -0.05) is 43.0 Å². The average molecular weight is 320 g/mol. The Bertz CT molecular complexity index is 693. The lowest BCUT2D eigenvalue weighted by Gasteiger charge is -2.08. The van der Waals surface area contributed by atoms with Crippen molar-refractivity contribution in [3.05, 3.63) is 45.9 Å². The monoisotopic (exact) mass is 320 g/mol. The molecule has 0 aliphatic heterocycles.